The van der Waals surface area contributed by atoms with Crippen molar-refractivity contribution in [3.05, 3.63) is 45.9 Å². The summed E-state index contributed by atoms with van der Waals surface area (Å²) >= 11 is 7.19. The number of nitrogens with one attached hydrogen (secondary N) is 1. The summed E-state index contributed by atoms with van der Waals surface area (Å²) < 4.78 is 0. The van der Waals surface area contributed by atoms with Gasteiger partial charge in [0.05, 0.1) is 5.41 Å². The van der Waals surface area contributed by atoms with E-state index in [2.05, 4.69) is 10.3 Å². The lowest BCUT2D eigenvalue weighted by Crippen LogP contribution is -2.46. The number of hydrogen-bond acceptors (Lipinski definition) is 4. The molecule has 114 valence electrons. The monoisotopic (exact) mass is 334 g/mol. The molecule has 0 saturated heterocycles. The Bertz CT molecular complexity index is 720. The first-order valence-corrected chi connectivity index (χ1v) is 8.31. The van der Waals surface area contributed by atoms with Gasteiger partial charge in [-0.3, -0.25) is 9.59 Å². The molecule has 1 aliphatic carbocycles. The van der Waals surface area contributed by atoms with E-state index < -0.39 is 5.41 Å². The predicted octanol–water partition coefficient (Wildman–Crippen LogP) is 4.06. The van der Waals surface area contributed by atoms with Crippen molar-refractivity contribution >= 4 is 39.8 Å². The molecule has 0 spiro atoms. The number of Topliss-reactive ketones (excluding diaryl/α,β-unsaturated/α-hetero) is 1. The summed E-state index contributed by atoms with van der Waals surface area (Å²) in [5, 5.41) is 5.64. The quantitative estimate of drug-likeness (QED) is 0.858. The Hall–Kier alpha value is -1.72. The average Bonchev–Trinajstić information content (AvgIpc) is 2.88. The first kappa shape index (κ1) is 15.2. The Morgan fingerprint density at radius 3 is 2.45 bits per heavy atom. The lowest BCUT2D eigenvalue weighted by Gasteiger charge is -2.40. The Morgan fingerprint density at radius 2 is 1.95 bits per heavy atom. The number of ketones is 1. The summed E-state index contributed by atoms with van der Waals surface area (Å²) in [7, 11) is 0. The van der Waals surface area contributed by atoms with Crippen LogP contribution in [-0.2, 0) is 10.2 Å². The topological polar surface area (TPSA) is 59.1 Å². The number of amides is 1. The maximum absolute atomic E-state index is 12.7. The maximum atomic E-state index is 12.7. The highest BCUT2D eigenvalue weighted by Gasteiger charge is 2.45. The molecule has 1 N–H and O–H groups in total. The second-order valence-electron chi connectivity index (χ2n) is 5.49. The second-order valence-corrected chi connectivity index (χ2v) is 6.79. The fraction of sp³-hybridized carbons (Fsp3) is 0.312. The number of hydrogen-bond donors (Lipinski definition) is 1. The van der Waals surface area contributed by atoms with Crippen molar-refractivity contribution in [3.8, 4) is 0 Å². The standard InChI is InChI=1S/C16H15ClN2O2S/c1-10(20)13-9-22-15(18-13)19-14(21)16(7-2-8-16)11-3-5-12(17)6-4-11/h3-6,9H,2,7-8H2,1H3,(H,18,19,21). The number of benzene rings is 1. The lowest BCUT2D eigenvalue weighted by molar-refractivity contribution is -0.124. The number of aromatic nitrogens is 1. The van der Waals surface area contributed by atoms with E-state index in [1.54, 1.807) is 5.38 Å². The molecule has 1 heterocycles. The van der Waals surface area contributed by atoms with Gasteiger partial charge in [-0.1, -0.05) is 30.2 Å². The fourth-order valence-corrected chi connectivity index (χ4v) is 3.53. The average molecular weight is 335 g/mol. The van der Waals surface area contributed by atoms with Gasteiger partial charge >= 0.3 is 0 Å². The zero-order valence-corrected chi connectivity index (χ0v) is 13.6. The Morgan fingerprint density at radius 1 is 1.27 bits per heavy atom. The van der Waals surface area contributed by atoms with Gasteiger partial charge in [0.25, 0.3) is 0 Å². The van der Waals surface area contributed by atoms with Crippen LogP contribution in [0, 0.1) is 0 Å². The van der Waals surface area contributed by atoms with Crippen molar-refractivity contribution in [2.75, 3.05) is 5.32 Å². The van der Waals surface area contributed by atoms with Crippen LogP contribution in [0.2, 0.25) is 5.02 Å². The molecule has 1 fully saturated rings. The van der Waals surface area contributed by atoms with E-state index in [0.29, 0.717) is 15.8 Å². The SMILES string of the molecule is CC(=O)c1csc(NC(=O)C2(c3ccc(Cl)cc3)CCC2)n1. The molecule has 1 aromatic carbocycles. The molecular weight excluding hydrogens is 320 g/mol. The number of thiazole rings is 1. The van der Waals surface area contributed by atoms with Gasteiger partial charge in [-0.2, -0.15) is 0 Å². The molecule has 0 bridgehead atoms. The molecule has 0 unspecified atom stereocenters. The zero-order chi connectivity index (χ0) is 15.7. The number of carbonyl (C=O) groups is 2. The molecule has 1 aliphatic rings. The fourth-order valence-electron chi connectivity index (χ4n) is 2.66. The minimum Gasteiger partial charge on any atom is -0.301 e. The van der Waals surface area contributed by atoms with Gasteiger partial charge < -0.3 is 5.32 Å². The number of anilines is 1. The molecule has 1 aromatic heterocycles. The minimum atomic E-state index is -0.507. The highest BCUT2D eigenvalue weighted by Crippen LogP contribution is 2.45. The van der Waals surface area contributed by atoms with E-state index >= 15 is 0 Å². The largest absolute Gasteiger partial charge is 0.301 e. The highest BCUT2D eigenvalue weighted by molar-refractivity contribution is 7.14. The van der Waals surface area contributed by atoms with Crippen molar-refractivity contribution < 1.29 is 9.59 Å². The van der Waals surface area contributed by atoms with E-state index in [1.807, 2.05) is 24.3 Å². The predicted molar refractivity (Wildman–Crippen MR) is 87.7 cm³/mol. The number of rotatable bonds is 4. The van der Waals surface area contributed by atoms with Gasteiger partial charge in [0.2, 0.25) is 5.91 Å². The molecule has 3 rings (SSSR count). The van der Waals surface area contributed by atoms with Crippen molar-refractivity contribution in [1.82, 2.24) is 4.98 Å². The Balaban J connectivity index is 1.82. The van der Waals surface area contributed by atoms with E-state index in [4.69, 9.17) is 11.6 Å². The van der Waals surface area contributed by atoms with Crippen LogP contribution in [-0.4, -0.2) is 16.7 Å². The molecule has 0 atom stereocenters. The van der Waals surface area contributed by atoms with Crippen molar-refractivity contribution in [1.29, 1.82) is 0 Å². The van der Waals surface area contributed by atoms with Crippen LogP contribution in [0.3, 0.4) is 0 Å². The van der Waals surface area contributed by atoms with Gasteiger partial charge in [-0.25, -0.2) is 4.98 Å². The van der Waals surface area contributed by atoms with Crippen LogP contribution in [0.4, 0.5) is 5.13 Å². The first-order chi connectivity index (χ1) is 10.5. The van der Waals surface area contributed by atoms with Gasteiger partial charge in [-0.15, -0.1) is 11.3 Å². The highest BCUT2D eigenvalue weighted by atomic mass is 35.5. The number of nitrogens with zero attached hydrogens (tertiary/aromatic N) is 1. The van der Waals surface area contributed by atoms with Crippen LogP contribution in [0.5, 0.6) is 0 Å². The molecular formula is C16H15ClN2O2S. The normalized spacial score (nSPS) is 15.9. The summed E-state index contributed by atoms with van der Waals surface area (Å²) in [4.78, 5) is 28.1. The number of carbonyl (C=O) groups excluding carboxylic acids is 2. The maximum Gasteiger partial charge on any atom is 0.236 e. The van der Waals surface area contributed by atoms with Gasteiger partial charge in [-0.05, 0) is 30.5 Å². The first-order valence-electron chi connectivity index (χ1n) is 7.05. The summed E-state index contributed by atoms with van der Waals surface area (Å²) in [6.07, 6.45) is 2.64. The third-order valence-corrected chi connectivity index (χ3v) is 5.13. The van der Waals surface area contributed by atoms with Gasteiger partial charge in [0.1, 0.15) is 5.69 Å². The zero-order valence-electron chi connectivity index (χ0n) is 12.1. The lowest BCUT2D eigenvalue weighted by atomic mass is 9.64. The molecule has 1 amide bonds. The molecule has 1 saturated carbocycles. The number of halogens is 1. The van der Waals surface area contributed by atoms with Crippen LogP contribution >= 0.6 is 22.9 Å². The van der Waals surface area contributed by atoms with E-state index in [-0.39, 0.29) is 11.7 Å². The van der Waals surface area contributed by atoms with Crippen molar-refractivity contribution in [3.63, 3.8) is 0 Å². The van der Waals surface area contributed by atoms with Crippen LogP contribution in [0.15, 0.2) is 29.6 Å². The molecule has 2 aromatic rings. The van der Waals surface area contributed by atoms with Crippen molar-refractivity contribution in [2.24, 2.45) is 0 Å². The van der Waals surface area contributed by atoms with Crippen LogP contribution in [0.1, 0.15) is 42.2 Å². The smallest absolute Gasteiger partial charge is 0.236 e. The Labute approximate surface area is 137 Å². The Kier molecular flexibility index (Phi) is 4.02. The third kappa shape index (κ3) is 2.66. The van der Waals surface area contributed by atoms with E-state index in [1.165, 1.54) is 18.3 Å². The van der Waals surface area contributed by atoms with Gasteiger partial charge in [0, 0.05) is 17.3 Å². The third-order valence-electron chi connectivity index (χ3n) is 4.12. The van der Waals surface area contributed by atoms with Crippen molar-refractivity contribution in [2.45, 2.75) is 31.6 Å². The molecule has 22 heavy (non-hydrogen) atoms. The minimum absolute atomic E-state index is 0.0643. The summed E-state index contributed by atoms with van der Waals surface area (Å²) in [6.45, 7) is 1.46. The van der Waals surface area contributed by atoms with Crippen LogP contribution in [0.25, 0.3) is 0 Å². The summed E-state index contributed by atoms with van der Waals surface area (Å²) in [5.41, 5.74) is 0.852. The van der Waals surface area contributed by atoms with E-state index in [9.17, 15) is 9.59 Å². The second kappa shape index (κ2) is 5.82. The molecule has 4 nitrogen and oxygen atoms in total. The molecule has 0 radical (unpaired) electrons. The van der Waals surface area contributed by atoms with E-state index in [0.717, 1.165) is 24.8 Å². The van der Waals surface area contributed by atoms with Crippen LogP contribution < -0.4 is 5.32 Å². The summed E-state index contributed by atoms with van der Waals surface area (Å²) in [6, 6.07) is 7.43. The van der Waals surface area contributed by atoms with Gasteiger partial charge in [0.15, 0.2) is 10.9 Å². The molecule has 0 aliphatic heterocycles. The molecule has 6 heteroatoms. The summed E-state index contributed by atoms with van der Waals surface area (Å²) in [5.74, 6) is -0.168.